The van der Waals surface area contributed by atoms with Crippen LogP contribution in [0.15, 0.2) is 54.9 Å². The lowest BCUT2D eigenvalue weighted by molar-refractivity contribution is 0.225. The molecule has 0 aliphatic heterocycles. The fourth-order valence-corrected chi connectivity index (χ4v) is 3.04. The van der Waals surface area contributed by atoms with Gasteiger partial charge in [-0.1, -0.05) is 29.5 Å². The molecular weight excluding hydrogens is 310 g/mol. The fourth-order valence-electron chi connectivity index (χ4n) is 2.22. The summed E-state index contributed by atoms with van der Waals surface area (Å²) in [4.78, 5) is 4.85. The Morgan fingerprint density at radius 1 is 1.09 bits per heavy atom. The van der Waals surface area contributed by atoms with Crippen LogP contribution in [0.5, 0.6) is 5.75 Å². The smallest absolute Gasteiger partial charge is 0.235 e. The van der Waals surface area contributed by atoms with E-state index in [2.05, 4.69) is 20.3 Å². The van der Waals surface area contributed by atoms with Crippen molar-refractivity contribution < 1.29 is 4.74 Å². The van der Waals surface area contributed by atoms with Gasteiger partial charge in [0.2, 0.25) is 4.96 Å². The van der Waals surface area contributed by atoms with Gasteiger partial charge < -0.3 is 4.74 Å². The van der Waals surface area contributed by atoms with Crippen LogP contribution in [0.3, 0.4) is 0 Å². The third-order valence-electron chi connectivity index (χ3n) is 3.33. The van der Waals surface area contributed by atoms with E-state index in [0.717, 1.165) is 21.3 Å². The van der Waals surface area contributed by atoms with Crippen molar-refractivity contribution in [1.82, 2.24) is 24.8 Å². The minimum absolute atomic E-state index is 0.161. The van der Waals surface area contributed by atoms with Crippen molar-refractivity contribution in [3.05, 3.63) is 59.9 Å². The second-order valence-electron chi connectivity index (χ2n) is 4.97. The highest BCUT2D eigenvalue weighted by Gasteiger charge is 2.18. The van der Waals surface area contributed by atoms with Crippen LogP contribution < -0.4 is 4.74 Å². The van der Waals surface area contributed by atoms with Crippen molar-refractivity contribution in [3.63, 3.8) is 0 Å². The van der Waals surface area contributed by atoms with Gasteiger partial charge >= 0.3 is 0 Å². The lowest BCUT2D eigenvalue weighted by Crippen LogP contribution is -2.03. The molecule has 0 bridgehead atoms. The van der Waals surface area contributed by atoms with E-state index in [1.165, 1.54) is 11.3 Å². The number of benzene rings is 1. The first-order valence-corrected chi connectivity index (χ1v) is 7.97. The van der Waals surface area contributed by atoms with Gasteiger partial charge in [-0.05, 0) is 31.2 Å². The molecule has 1 aromatic carbocycles. The normalized spacial score (nSPS) is 12.4. The molecular formula is C16H13N5OS. The van der Waals surface area contributed by atoms with Crippen molar-refractivity contribution >= 4 is 16.3 Å². The molecule has 114 valence electrons. The number of ether oxygens (including phenoxy) is 1. The number of para-hydroxylation sites is 1. The van der Waals surface area contributed by atoms with E-state index in [9.17, 15) is 0 Å². The minimum Gasteiger partial charge on any atom is -0.483 e. The SMILES string of the molecule is CC(Oc1ccccc1)c1nn2c(-c3cccnc3)nnc2s1. The number of pyridine rings is 1. The molecule has 0 N–H and O–H groups in total. The lowest BCUT2D eigenvalue weighted by atomic mass is 10.3. The van der Waals surface area contributed by atoms with Crippen LogP contribution in [-0.4, -0.2) is 24.8 Å². The molecule has 0 fully saturated rings. The summed E-state index contributed by atoms with van der Waals surface area (Å²) in [5.41, 5.74) is 0.883. The highest BCUT2D eigenvalue weighted by atomic mass is 32.1. The Kier molecular flexibility index (Phi) is 3.47. The predicted molar refractivity (Wildman–Crippen MR) is 87.4 cm³/mol. The van der Waals surface area contributed by atoms with Crippen molar-refractivity contribution in [2.24, 2.45) is 0 Å². The van der Waals surface area contributed by atoms with E-state index < -0.39 is 0 Å². The zero-order valence-electron chi connectivity index (χ0n) is 12.3. The minimum atomic E-state index is -0.161. The van der Waals surface area contributed by atoms with Crippen LogP contribution in [0.4, 0.5) is 0 Å². The number of fused-ring (bicyclic) bond motifs is 1. The van der Waals surface area contributed by atoms with Crippen molar-refractivity contribution in [2.75, 3.05) is 0 Å². The molecule has 0 radical (unpaired) electrons. The van der Waals surface area contributed by atoms with E-state index in [-0.39, 0.29) is 6.10 Å². The van der Waals surface area contributed by atoms with Crippen LogP contribution >= 0.6 is 11.3 Å². The summed E-state index contributed by atoms with van der Waals surface area (Å²) in [7, 11) is 0. The van der Waals surface area contributed by atoms with Crippen LogP contribution in [0, 0.1) is 0 Å². The van der Waals surface area contributed by atoms with E-state index in [1.54, 1.807) is 16.9 Å². The van der Waals surface area contributed by atoms with Gasteiger partial charge in [-0.15, -0.1) is 10.2 Å². The topological polar surface area (TPSA) is 65.2 Å². The average molecular weight is 323 g/mol. The Bertz CT molecular complexity index is 919. The van der Waals surface area contributed by atoms with Gasteiger partial charge in [0.15, 0.2) is 10.8 Å². The molecule has 1 unspecified atom stereocenters. The molecule has 4 rings (SSSR count). The van der Waals surface area contributed by atoms with Gasteiger partial charge in [-0.25, -0.2) is 0 Å². The zero-order valence-corrected chi connectivity index (χ0v) is 13.1. The number of hydrogen-bond acceptors (Lipinski definition) is 6. The van der Waals surface area contributed by atoms with Crippen LogP contribution in [-0.2, 0) is 0 Å². The Hall–Kier alpha value is -2.80. The number of rotatable bonds is 4. The van der Waals surface area contributed by atoms with Crippen LogP contribution in [0.2, 0.25) is 0 Å². The van der Waals surface area contributed by atoms with Crippen molar-refractivity contribution in [1.29, 1.82) is 0 Å². The van der Waals surface area contributed by atoms with Crippen molar-refractivity contribution in [3.8, 4) is 17.1 Å². The van der Waals surface area contributed by atoms with Gasteiger partial charge in [0.25, 0.3) is 0 Å². The Balaban J connectivity index is 1.66. The highest BCUT2D eigenvalue weighted by Crippen LogP contribution is 2.27. The molecule has 0 aliphatic carbocycles. The maximum absolute atomic E-state index is 5.92. The molecule has 23 heavy (non-hydrogen) atoms. The molecule has 0 aliphatic rings. The second-order valence-corrected chi connectivity index (χ2v) is 5.96. The predicted octanol–water partition coefficient (Wildman–Crippen LogP) is 3.39. The molecule has 0 amide bonds. The first-order valence-electron chi connectivity index (χ1n) is 7.15. The summed E-state index contributed by atoms with van der Waals surface area (Å²) < 4.78 is 7.66. The third kappa shape index (κ3) is 2.66. The molecule has 0 saturated carbocycles. The summed E-state index contributed by atoms with van der Waals surface area (Å²) in [6.07, 6.45) is 3.31. The number of nitrogens with zero attached hydrogens (tertiary/aromatic N) is 5. The Labute approximate surface area is 136 Å². The second kappa shape index (κ2) is 5.77. The summed E-state index contributed by atoms with van der Waals surface area (Å²) in [5, 5.41) is 13.8. The number of hydrogen-bond donors (Lipinski definition) is 0. The standard InChI is InChI=1S/C16H13N5OS/c1-11(22-13-7-3-2-4-8-13)15-20-21-14(18-19-16(21)23-15)12-6-5-9-17-10-12/h2-11H,1H3. The monoisotopic (exact) mass is 323 g/mol. The molecule has 3 heterocycles. The van der Waals surface area contributed by atoms with Gasteiger partial charge in [0.05, 0.1) is 0 Å². The molecule has 0 saturated heterocycles. The van der Waals surface area contributed by atoms with E-state index in [0.29, 0.717) is 5.82 Å². The summed E-state index contributed by atoms with van der Waals surface area (Å²) in [5.74, 6) is 1.50. The quantitative estimate of drug-likeness (QED) is 0.576. The number of aromatic nitrogens is 5. The molecule has 1 atom stereocenters. The van der Waals surface area contributed by atoms with Gasteiger partial charge in [-0.2, -0.15) is 9.61 Å². The highest BCUT2D eigenvalue weighted by molar-refractivity contribution is 7.16. The van der Waals surface area contributed by atoms with Crippen molar-refractivity contribution in [2.45, 2.75) is 13.0 Å². The lowest BCUT2D eigenvalue weighted by Gasteiger charge is -2.11. The summed E-state index contributed by atoms with van der Waals surface area (Å²) in [6.45, 7) is 1.97. The van der Waals surface area contributed by atoms with E-state index >= 15 is 0 Å². The molecule has 4 aromatic rings. The fraction of sp³-hybridized carbons (Fsp3) is 0.125. The zero-order chi connectivity index (χ0) is 15.6. The molecule has 6 nitrogen and oxygen atoms in total. The van der Waals surface area contributed by atoms with Gasteiger partial charge in [0, 0.05) is 18.0 Å². The summed E-state index contributed by atoms with van der Waals surface area (Å²) >= 11 is 1.47. The van der Waals surface area contributed by atoms with Gasteiger partial charge in [0.1, 0.15) is 11.9 Å². The Morgan fingerprint density at radius 2 is 1.96 bits per heavy atom. The van der Waals surface area contributed by atoms with Gasteiger partial charge in [-0.3, -0.25) is 4.98 Å². The molecule has 3 aromatic heterocycles. The van der Waals surface area contributed by atoms with E-state index in [4.69, 9.17) is 4.74 Å². The first-order chi connectivity index (χ1) is 11.3. The maximum atomic E-state index is 5.92. The molecule has 0 spiro atoms. The van der Waals surface area contributed by atoms with Crippen LogP contribution in [0.1, 0.15) is 18.0 Å². The largest absolute Gasteiger partial charge is 0.483 e. The Morgan fingerprint density at radius 3 is 2.74 bits per heavy atom. The van der Waals surface area contributed by atoms with Crippen LogP contribution in [0.25, 0.3) is 16.3 Å². The maximum Gasteiger partial charge on any atom is 0.235 e. The van der Waals surface area contributed by atoms with E-state index in [1.807, 2.05) is 49.4 Å². The average Bonchev–Trinajstić information content (AvgIpc) is 3.17. The first kappa shape index (κ1) is 13.8. The summed E-state index contributed by atoms with van der Waals surface area (Å²) in [6, 6.07) is 13.5. The molecule has 7 heteroatoms. The third-order valence-corrected chi connectivity index (χ3v) is 4.39.